The van der Waals surface area contributed by atoms with Crippen LogP contribution in [0.15, 0.2) is 218 Å². The highest BCUT2D eigenvalue weighted by Gasteiger charge is 2.30. The predicted molar refractivity (Wildman–Crippen MR) is 246 cm³/mol. The highest BCUT2D eigenvalue weighted by Crippen LogP contribution is 2.57. The number of benzene rings is 8. The lowest BCUT2D eigenvalue weighted by Gasteiger charge is -2.26. The zero-order valence-electron chi connectivity index (χ0n) is 32.3. The molecule has 59 heavy (non-hydrogen) atoms. The van der Waals surface area contributed by atoms with Crippen molar-refractivity contribution >= 4 is 44.8 Å². The summed E-state index contributed by atoms with van der Waals surface area (Å²) in [6.45, 7) is 1.04. The molecule has 0 spiro atoms. The first-order valence-corrected chi connectivity index (χ1v) is 20.7. The monoisotopic (exact) mass is 780 g/mol. The van der Waals surface area contributed by atoms with Gasteiger partial charge in [-0.3, -0.25) is 4.90 Å². The number of hydrogen-bond donors (Lipinski definition) is 0. The molecule has 1 aliphatic heterocycles. The van der Waals surface area contributed by atoms with Crippen molar-refractivity contribution in [3.8, 4) is 55.3 Å². The summed E-state index contributed by atoms with van der Waals surface area (Å²) in [5, 5.41) is 0.996. The van der Waals surface area contributed by atoms with E-state index in [2.05, 4.69) is 216 Å². The molecular weight excluding hydrogens is 741 g/mol. The van der Waals surface area contributed by atoms with Gasteiger partial charge in [-0.05, 0) is 99.6 Å². The second-order valence-corrected chi connectivity index (χ2v) is 15.4. The van der Waals surface area contributed by atoms with E-state index in [0.29, 0.717) is 13.2 Å². The number of nitrogens with zero attached hydrogens (tertiary/aromatic N) is 2. The molecule has 0 saturated carbocycles. The molecule has 1 aliphatic rings. The molecule has 0 saturated heterocycles. The average molecular weight is 781 g/mol. The van der Waals surface area contributed by atoms with Gasteiger partial charge in [-0.2, -0.15) is 0 Å². The van der Waals surface area contributed by atoms with Crippen LogP contribution in [0, 0.1) is 0 Å². The van der Waals surface area contributed by atoms with Crippen LogP contribution in [0.25, 0.3) is 43.8 Å². The number of fused-ring (bicyclic) bond motifs is 1. The van der Waals surface area contributed by atoms with E-state index < -0.39 is 0 Å². The van der Waals surface area contributed by atoms with Crippen LogP contribution in [-0.4, -0.2) is 13.2 Å². The Hall–Kier alpha value is -7.34. The van der Waals surface area contributed by atoms with Gasteiger partial charge in [0.2, 0.25) is 0 Å². The third-order valence-corrected chi connectivity index (χ3v) is 11.9. The minimum absolute atomic E-state index is 0.512. The first-order chi connectivity index (χ1) is 29.3. The number of hydrogen-bond acceptors (Lipinski definition) is 5. The van der Waals surface area contributed by atoms with Gasteiger partial charge in [0.25, 0.3) is 0 Å². The third-order valence-electron chi connectivity index (χ3n) is 10.7. The molecule has 0 radical (unpaired) electrons. The van der Waals surface area contributed by atoms with Gasteiger partial charge in [0.1, 0.15) is 18.2 Å². The minimum atomic E-state index is 0.512. The number of rotatable bonds is 10. The molecule has 0 aliphatic carbocycles. The summed E-state index contributed by atoms with van der Waals surface area (Å²) in [5.41, 5.74) is 13.5. The SMILES string of the molecule is c1ccc(-c2ccc(N(c3ccc(-c4ccccc4)cc3)c3ccc(-c4ccc(N(c5ccccc5)c5sc(-c6ccccc6)c6c5OCCO6)cc4)cc3)cc2)cc1. The molecule has 0 N–H and O–H groups in total. The van der Waals surface area contributed by atoms with Crippen LogP contribution in [0.5, 0.6) is 11.5 Å². The zero-order valence-corrected chi connectivity index (χ0v) is 33.1. The van der Waals surface area contributed by atoms with Crippen molar-refractivity contribution in [1.82, 2.24) is 0 Å². The molecule has 8 aromatic carbocycles. The molecule has 4 nitrogen and oxygen atoms in total. The van der Waals surface area contributed by atoms with E-state index >= 15 is 0 Å². The van der Waals surface area contributed by atoms with Crippen molar-refractivity contribution in [2.45, 2.75) is 0 Å². The second kappa shape index (κ2) is 16.3. The standard InChI is InChI=1S/C54H40N2O2S/c1-5-13-39(14-6-1)41-21-29-47(30-22-41)55(48-31-23-42(24-32-48)40-15-7-2-8-16-40)49-33-25-43(26-34-49)44-27-35-50(36-28-44)56(46-19-11-4-12-20-46)54-52-51(57-37-38-58-52)53(59-54)45-17-9-3-10-18-45/h1-36H,37-38H2. The Kier molecular flexibility index (Phi) is 9.93. The number of thiophene rings is 1. The van der Waals surface area contributed by atoms with Gasteiger partial charge in [-0.15, -0.1) is 11.3 Å². The van der Waals surface area contributed by atoms with Gasteiger partial charge >= 0.3 is 0 Å². The Labute approximate surface area is 349 Å². The van der Waals surface area contributed by atoms with Crippen LogP contribution >= 0.6 is 11.3 Å². The van der Waals surface area contributed by atoms with Crippen LogP contribution in [0.1, 0.15) is 0 Å². The van der Waals surface area contributed by atoms with Gasteiger partial charge in [-0.25, -0.2) is 0 Å². The summed E-state index contributed by atoms with van der Waals surface area (Å²) in [4.78, 5) is 5.67. The Balaban J connectivity index is 0.981. The van der Waals surface area contributed by atoms with Gasteiger partial charge in [-0.1, -0.05) is 158 Å². The second-order valence-electron chi connectivity index (χ2n) is 14.4. The largest absolute Gasteiger partial charge is 0.485 e. The van der Waals surface area contributed by atoms with Crippen molar-refractivity contribution in [1.29, 1.82) is 0 Å². The highest BCUT2D eigenvalue weighted by molar-refractivity contribution is 7.20. The van der Waals surface area contributed by atoms with E-state index in [1.807, 2.05) is 12.1 Å². The van der Waals surface area contributed by atoms with Crippen molar-refractivity contribution in [3.05, 3.63) is 218 Å². The summed E-state index contributed by atoms with van der Waals surface area (Å²) in [6.07, 6.45) is 0. The van der Waals surface area contributed by atoms with Crippen LogP contribution in [0.2, 0.25) is 0 Å². The summed E-state index contributed by atoms with van der Waals surface area (Å²) >= 11 is 1.70. The molecule has 10 rings (SSSR count). The van der Waals surface area contributed by atoms with E-state index in [9.17, 15) is 0 Å². The highest BCUT2D eigenvalue weighted by atomic mass is 32.1. The number of para-hydroxylation sites is 1. The summed E-state index contributed by atoms with van der Waals surface area (Å²) < 4.78 is 12.6. The molecule has 0 unspecified atom stereocenters. The molecule has 0 atom stereocenters. The molecule has 2 heterocycles. The molecule has 284 valence electrons. The van der Waals surface area contributed by atoms with Crippen molar-refractivity contribution in [2.24, 2.45) is 0 Å². The fourth-order valence-corrected chi connectivity index (χ4v) is 8.98. The van der Waals surface area contributed by atoms with Crippen LogP contribution in [0.3, 0.4) is 0 Å². The number of ether oxygens (including phenoxy) is 2. The summed E-state index contributed by atoms with van der Waals surface area (Å²) in [7, 11) is 0. The van der Waals surface area contributed by atoms with Crippen molar-refractivity contribution in [2.75, 3.05) is 23.0 Å². The predicted octanol–water partition coefficient (Wildman–Crippen LogP) is 15.1. The van der Waals surface area contributed by atoms with Crippen LogP contribution < -0.4 is 19.3 Å². The quantitative estimate of drug-likeness (QED) is 0.138. The molecular formula is C54H40N2O2S. The molecule has 0 fully saturated rings. The Morgan fingerprint density at radius 1 is 0.288 bits per heavy atom. The van der Waals surface area contributed by atoms with E-state index in [1.54, 1.807) is 11.3 Å². The maximum Gasteiger partial charge on any atom is 0.197 e. The third kappa shape index (κ3) is 7.36. The zero-order chi connectivity index (χ0) is 39.4. The molecule has 0 amide bonds. The van der Waals surface area contributed by atoms with Gasteiger partial charge < -0.3 is 14.4 Å². The fraction of sp³-hybridized carbons (Fsp3) is 0.0370. The van der Waals surface area contributed by atoms with E-state index in [0.717, 1.165) is 66.5 Å². The number of anilines is 6. The first-order valence-electron chi connectivity index (χ1n) is 19.9. The molecule has 9 aromatic rings. The van der Waals surface area contributed by atoms with Gasteiger partial charge in [0.05, 0.1) is 4.88 Å². The first kappa shape index (κ1) is 36.0. The Bertz CT molecular complexity index is 2690. The van der Waals surface area contributed by atoms with Gasteiger partial charge in [0.15, 0.2) is 11.5 Å². The lowest BCUT2D eigenvalue weighted by atomic mass is 10.0. The Morgan fingerprint density at radius 3 is 1.00 bits per heavy atom. The van der Waals surface area contributed by atoms with E-state index in [-0.39, 0.29) is 0 Å². The molecule has 1 aromatic heterocycles. The van der Waals surface area contributed by atoms with Crippen LogP contribution in [-0.2, 0) is 0 Å². The Morgan fingerprint density at radius 2 is 0.593 bits per heavy atom. The topological polar surface area (TPSA) is 24.9 Å². The minimum Gasteiger partial charge on any atom is -0.485 e. The average Bonchev–Trinajstić information content (AvgIpc) is 3.70. The van der Waals surface area contributed by atoms with Crippen molar-refractivity contribution < 1.29 is 9.47 Å². The maximum absolute atomic E-state index is 6.36. The summed E-state index contributed by atoms with van der Waals surface area (Å²) in [5.74, 6) is 1.60. The lowest BCUT2D eigenvalue weighted by Crippen LogP contribution is -2.17. The normalized spacial score (nSPS) is 11.9. The van der Waals surface area contributed by atoms with Crippen molar-refractivity contribution in [3.63, 3.8) is 0 Å². The molecule has 5 heteroatoms. The van der Waals surface area contributed by atoms with Crippen LogP contribution in [0.4, 0.5) is 33.4 Å². The van der Waals surface area contributed by atoms with Gasteiger partial charge in [0, 0.05) is 28.4 Å². The van der Waals surface area contributed by atoms with E-state index in [4.69, 9.17) is 9.47 Å². The lowest BCUT2D eigenvalue weighted by molar-refractivity contribution is 0.175. The smallest absolute Gasteiger partial charge is 0.197 e. The summed E-state index contributed by atoms with van der Waals surface area (Å²) in [6, 6.07) is 77.3. The van der Waals surface area contributed by atoms with E-state index in [1.165, 1.54) is 22.3 Å². The fourth-order valence-electron chi connectivity index (χ4n) is 7.74. The molecule has 0 bridgehead atoms. The maximum atomic E-state index is 6.36.